The molecule has 0 saturated carbocycles. The van der Waals surface area contributed by atoms with Crippen molar-refractivity contribution in [2.75, 3.05) is 20.3 Å². The van der Waals surface area contributed by atoms with Gasteiger partial charge in [-0.25, -0.2) is 14.3 Å². The third-order valence-corrected chi connectivity index (χ3v) is 4.71. The van der Waals surface area contributed by atoms with E-state index in [0.717, 1.165) is 10.1 Å². The van der Waals surface area contributed by atoms with Gasteiger partial charge in [-0.3, -0.25) is 14.2 Å². The number of carbonyl (C=O) groups is 1. The second-order valence-electron chi connectivity index (χ2n) is 7.55. The van der Waals surface area contributed by atoms with Gasteiger partial charge in [0.25, 0.3) is 5.56 Å². The Morgan fingerprint density at radius 2 is 1.90 bits per heavy atom. The molecule has 0 aliphatic carbocycles. The van der Waals surface area contributed by atoms with Crippen molar-refractivity contribution < 1.29 is 9.53 Å². The van der Waals surface area contributed by atoms with E-state index < -0.39 is 11.2 Å². The Kier molecular flexibility index (Phi) is 6.83. The van der Waals surface area contributed by atoms with E-state index in [9.17, 15) is 14.4 Å². The Morgan fingerprint density at radius 1 is 1.17 bits per heavy atom. The summed E-state index contributed by atoms with van der Waals surface area (Å²) in [6.07, 6.45) is 1.52. The number of hydrogen-bond donors (Lipinski definition) is 1. The number of nitrogens with zero attached hydrogens (tertiary/aromatic N) is 4. The lowest BCUT2D eigenvalue weighted by molar-refractivity contribution is -0.121. The van der Waals surface area contributed by atoms with Gasteiger partial charge in [-0.15, -0.1) is 0 Å². The quantitative estimate of drug-likeness (QED) is 0.560. The Labute approximate surface area is 173 Å². The first kappa shape index (κ1) is 21.5. The van der Waals surface area contributed by atoms with Crippen molar-refractivity contribution in [3.05, 3.63) is 63.1 Å². The molecule has 3 rings (SSSR count). The van der Waals surface area contributed by atoms with Crippen LogP contribution in [0.5, 0.6) is 0 Å². The van der Waals surface area contributed by atoms with Crippen LogP contribution in [-0.2, 0) is 29.2 Å². The van der Waals surface area contributed by atoms with Crippen molar-refractivity contribution in [3.63, 3.8) is 0 Å². The minimum absolute atomic E-state index is 0.241. The fourth-order valence-corrected chi connectivity index (χ4v) is 3.16. The molecule has 0 atom stereocenters. The summed E-state index contributed by atoms with van der Waals surface area (Å²) >= 11 is 0. The molecule has 0 saturated heterocycles. The Balaban J connectivity index is 2.11. The van der Waals surface area contributed by atoms with Crippen molar-refractivity contribution >= 4 is 17.1 Å². The van der Waals surface area contributed by atoms with Crippen LogP contribution in [0.3, 0.4) is 0 Å². The molecule has 1 amide bonds. The van der Waals surface area contributed by atoms with E-state index in [1.165, 1.54) is 10.9 Å². The molecule has 3 aromatic rings. The molecule has 0 aliphatic heterocycles. The summed E-state index contributed by atoms with van der Waals surface area (Å²) < 4.78 is 9.18. The zero-order valence-corrected chi connectivity index (χ0v) is 17.5. The SMILES string of the molecule is COCCn1cnc2c1c(=O)n(CC(=O)NCC(C)C)c(=O)n2Cc1ccccc1. The molecule has 0 fully saturated rings. The van der Waals surface area contributed by atoms with Crippen LogP contribution in [0.25, 0.3) is 11.2 Å². The van der Waals surface area contributed by atoms with Crippen molar-refractivity contribution in [1.29, 1.82) is 0 Å². The van der Waals surface area contributed by atoms with Crippen LogP contribution in [0, 0.1) is 5.92 Å². The fraction of sp³-hybridized carbons (Fsp3) is 0.429. The lowest BCUT2D eigenvalue weighted by Gasteiger charge is -2.13. The Hall–Kier alpha value is -3.20. The highest BCUT2D eigenvalue weighted by molar-refractivity contribution is 5.76. The van der Waals surface area contributed by atoms with E-state index in [1.807, 2.05) is 44.2 Å². The smallest absolute Gasteiger partial charge is 0.333 e. The summed E-state index contributed by atoms with van der Waals surface area (Å²) in [6.45, 7) is 5.11. The van der Waals surface area contributed by atoms with Crippen LogP contribution in [-0.4, -0.2) is 44.9 Å². The van der Waals surface area contributed by atoms with E-state index in [0.29, 0.717) is 25.3 Å². The molecule has 9 heteroatoms. The second-order valence-corrected chi connectivity index (χ2v) is 7.55. The number of methoxy groups -OCH3 is 1. The Morgan fingerprint density at radius 3 is 2.57 bits per heavy atom. The van der Waals surface area contributed by atoms with Gasteiger partial charge in [0.05, 0.1) is 19.5 Å². The normalized spacial score (nSPS) is 11.3. The predicted molar refractivity (Wildman–Crippen MR) is 114 cm³/mol. The molecular formula is C21H27N5O4. The molecule has 0 aliphatic rings. The van der Waals surface area contributed by atoms with Gasteiger partial charge >= 0.3 is 5.69 Å². The standard InChI is InChI=1S/C21H27N5O4/c1-15(2)11-22-17(27)13-26-20(28)18-19(23-14-24(18)9-10-30-3)25(21(26)29)12-16-7-5-4-6-8-16/h4-8,14-15H,9-13H2,1-3H3,(H,22,27). The number of nitrogens with one attached hydrogen (secondary N) is 1. The van der Waals surface area contributed by atoms with Gasteiger partial charge in [-0.1, -0.05) is 44.2 Å². The highest BCUT2D eigenvalue weighted by Gasteiger charge is 2.20. The predicted octanol–water partition coefficient (Wildman–Crippen LogP) is 0.827. The number of benzene rings is 1. The van der Waals surface area contributed by atoms with E-state index in [1.54, 1.807) is 11.7 Å². The number of ether oxygens (including phenoxy) is 1. The molecule has 0 radical (unpaired) electrons. The van der Waals surface area contributed by atoms with Crippen LogP contribution in [0.1, 0.15) is 19.4 Å². The summed E-state index contributed by atoms with van der Waals surface area (Å²) in [6, 6.07) is 9.44. The number of aromatic nitrogens is 4. The zero-order valence-electron chi connectivity index (χ0n) is 17.5. The van der Waals surface area contributed by atoms with Crippen molar-refractivity contribution in [2.45, 2.75) is 33.5 Å². The zero-order chi connectivity index (χ0) is 21.7. The monoisotopic (exact) mass is 413 g/mol. The van der Waals surface area contributed by atoms with Gasteiger partial charge in [0.2, 0.25) is 5.91 Å². The van der Waals surface area contributed by atoms with Crippen LogP contribution in [0.4, 0.5) is 0 Å². The maximum absolute atomic E-state index is 13.2. The third-order valence-electron chi connectivity index (χ3n) is 4.71. The van der Waals surface area contributed by atoms with Gasteiger partial charge in [-0.2, -0.15) is 0 Å². The van der Waals surface area contributed by atoms with Crippen molar-refractivity contribution in [2.24, 2.45) is 5.92 Å². The first-order valence-corrected chi connectivity index (χ1v) is 9.90. The van der Waals surface area contributed by atoms with Gasteiger partial charge in [0, 0.05) is 20.2 Å². The second kappa shape index (κ2) is 9.53. The summed E-state index contributed by atoms with van der Waals surface area (Å²) in [7, 11) is 1.57. The van der Waals surface area contributed by atoms with Gasteiger partial charge in [-0.05, 0) is 11.5 Å². The number of amides is 1. The van der Waals surface area contributed by atoms with Crippen molar-refractivity contribution in [3.8, 4) is 0 Å². The molecule has 0 spiro atoms. The largest absolute Gasteiger partial charge is 0.383 e. The number of fused-ring (bicyclic) bond motifs is 1. The lowest BCUT2D eigenvalue weighted by Crippen LogP contribution is -2.44. The minimum atomic E-state index is -0.562. The molecule has 30 heavy (non-hydrogen) atoms. The van der Waals surface area contributed by atoms with E-state index >= 15 is 0 Å². The van der Waals surface area contributed by atoms with Crippen molar-refractivity contribution in [1.82, 2.24) is 24.0 Å². The molecule has 0 unspecified atom stereocenters. The number of carbonyl (C=O) groups excluding carboxylic acids is 1. The molecule has 2 heterocycles. The molecule has 0 bridgehead atoms. The molecule has 1 N–H and O–H groups in total. The maximum Gasteiger partial charge on any atom is 0.333 e. The van der Waals surface area contributed by atoms with Crippen LogP contribution < -0.4 is 16.6 Å². The Bertz CT molecular complexity index is 1130. The molecular weight excluding hydrogens is 386 g/mol. The van der Waals surface area contributed by atoms with Crippen LogP contribution >= 0.6 is 0 Å². The highest BCUT2D eigenvalue weighted by Crippen LogP contribution is 2.10. The first-order valence-electron chi connectivity index (χ1n) is 9.90. The minimum Gasteiger partial charge on any atom is -0.383 e. The number of rotatable bonds is 9. The molecule has 160 valence electrons. The number of imidazole rings is 1. The van der Waals surface area contributed by atoms with E-state index in [-0.39, 0.29) is 30.4 Å². The topological polar surface area (TPSA) is 100 Å². The van der Waals surface area contributed by atoms with Gasteiger partial charge in [0.1, 0.15) is 6.54 Å². The summed E-state index contributed by atoms with van der Waals surface area (Å²) in [5.41, 5.74) is 0.366. The summed E-state index contributed by atoms with van der Waals surface area (Å²) in [5.74, 6) is -0.116. The summed E-state index contributed by atoms with van der Waals surface area (Å²) in [5, 5.41) is 2.76. The third kappa shape index (κ3) is 4.68. The van der Waals surface area contributed by atoms with Crippen LogP contribution in [0.2, 0.25) is 0 Å². The lowest BCUT2D eigenvalue weighted by atomic mass is 10.2. The average molecular weight is 413 g/mol. The first-order chi connectivity index (χ1) is 14.4. The highest BCUT2D eigenvalue weighted by atomic mass is 16.5. The molecule has 2 aromatic heterocycles. The fourth-order valence-electron chi connectivity index (χ4n) is 3.16. The van der Waals surface area contributed by atoms with E-state index in [4.69, 9.17) is 4.74 Å². The average Bonchev–Trinajstić information content (AvgIpc) is 3.16. The molecule has 1 aromatic carbocycles. The maximum atomic E-state index is 13.2. The molecule has 9 nitrogen and oxygen atoms in total. The summed E-state index contributed by atoms with van der Waals surface area (Å²) in [4.78, 5) is 43.0. The van der Waals surface area contributed by atoms with Crippen LogP contribution in [0.15, 0.2) is 46.2 Å². The number of hydrogen-bond acceptors (Lipinski definition) is 5. The van der Waals surface area contributed by atoms with E-state index in [2.05, 4.69) is 10.3 Å². The van der Waals surface area contributed by atoms with Gasteiger partial charge in [0.15, 0.2) is 11.2 Å². The van der Waals surface area contributed by atoms with Gasteiger partial charge < -0.3 is 14.6 Å².